The first-order valence-corrected chi connectivity index (χ1v) is 7.80. The van der Waals surface area contributed by atoms with E-state index in [1.54, 1.807) is 12.1 Å². The van der Waals surface area contributed by atoms with E-state index in [-0.39, 0.29) is 6.10 Å². The lowest BCUT2D eigenvalue weighted by Gasteiger charge is -2.27. The molecule has 0 aromatic heterocycles. The van der Waals surface area contributed by atoms with Gasteiger partial charge in [-0.05, 0) is 18.6 Å². The van der Waals surface area contributed by atoms with Gasteiger partial charge in [0.1, 0.15) is 0 Å². The maximum Gasteiger partial charge on any atom is 0.206 e. The van der Waals surface area contributed by atoms with E-state index in [1.165, 1.54) is 0 Å². The Bertz CT molecular complexity index is 455. The van der Waals surface area contributed by atoms with E-state index in [4.69, 9.17) is 44.3 Å². The van der Waals surface area contributed by atoms with Gasteiger partial charge in [-0.2, -0.15) is 0 Å². The molecule has 2 nitrogen and oxygen atoms in total. The van der Waals surface area contributed by atoms with Crippen LogP contribution in [0, 0.1) is 0 Å². The molecule has 1 fully saturated rings. The van der Waals surface area contributed by atoms with Gasteiger partial charge in [-0.25, -0.2) is 0 Å². The molecule has 18 heavy (non-hydrogen) atoms. The van der Waals surface area contributed by atoms with Crippen LogP contribution >= 0.6 is 50.7 Å². The van der Waals surface area contributed by atoms with Crippen molar-refractivity contribution >= 4 is 50.7 Å². The maximum atomic E-state index is 6.22. The zero-order chi connectivity index (χ0) is 13.3. The molecule has 2 rings (SSSR count). The lowest BCUT2D eigenvalue weighted by atomic mass is 10.1. The molecule has 0 aliphatic carbocycles. The molecule has 1 aliphatic rings. The third-order valence-electron chi connectivity index (χ3n) is 2.91. The Labute approximate surface area is 130 Å². The van der Waals surface area contributed by atoms with Crippen molar-refractivity contribution in [1.82, 2.24) is 0 Å². The minimum absolute atomic E-state index is 0.0630. The van der Waals surface area contributed by atoms with Gasteiger partial charge in [-0.15, -0.1) is 0 Å². The summed E-state index contributed by atoms with van der Waals surface area (Å²) in [4.78, 5) is 0. The molecular formula is C12H12BrCl3O2. The van der Waals surface area contributed by atoms with Crippen molar-refractivity contribution in [3.8, 4) is 0 Å². The number of halogens is 4. The maximum absolute atomic E-state index is 6.22. The van der Waals surface area contributed by atoms with Crippen molar-refractivity contribution in [2.75, 3.05) is 11.9 Å². The van der Waals surface area contributed by atoms with E-state index < -0.39 is 5.79 Å². The van der Waals surface area contributed by atoms with Crippen molar-refractivity contribution in [3.05, 3.63) is 32.8 Å². The molecule has 100 valence electrons. The molecule has 2 unspecified atom stereocenters. The fourth-order valence-corrected chi connectivity index (χ4v) is 3.15. The molecule has 1 aromatic rings. The topological polar surface area (TPSA) is 18.5 Å². The van der Waals surface area contributed by atoms with Crippen LogP contribution < -0.4 is 0 Å². The second kappa shape index (κ2) is 5.86. The highest BCUT2D eigenvalue weighted by atomic mass is 79.9. The fraction of sp³-hybridized carbons (Fsp3) is 0.500. The summed E-state index contributed by atoms with van der Waals surface area (Å²) in [7, 11) is 0. The van der Waals surface area contributed by atoms with E-state index in [0.29, 0.717) is 32.6 Å². The van der Waals surface area contributed by atoms with Crippen LogP contribution in [0.3, 0.4) is 0 Å². The molecular weight excluding hydrogens is 362 g/mol. The Hall–Kier alpha value is 0.490. The average molecular weight is 374 g/mol. The molecule has 0 saturated carbocycles. The zero-order valence-corrected chi connectivity index (χ0v) is 13.5. The molecule has 0 amide bonds. The smallest absolute Gasteiger partial charge is 0.206 e. The molecule has 1 aromatic carbocycles. The van der Waals surface area contributed by atoms with Crippen LogP contribution in [-0.2, 0) is 15.3 Å². The molecule has 0 radical (unpaired) electrons. The van der Waals surface area contributed by atoms with Gasteiger partial charge < -0.3 is 9.47 Å². The fourth-order valence-electron chi connectivity index (χ4n) is 1.86. The highest BCUT2D eigenvalue weighted by Crippen LogP contribution is 2.42. The molecule has 1 saturated heterocycles. The van der Waals surface area contributed by atoms with Gasteiger partial charge in [0, 0.05) is 5.56 Å². The predicted octanol–water partition coefficient (Wildman–Crippen LogP) is 5.02. The van der Waals surface area contributed by atoms with Crippen molar-refractivity contribution in [2.45, 2.75) is 25.2 Å². The SMILES string of the molecule is CCC1COC(CBr)(c2cc(Cl)c(Cl)cc2Cl)O1. The van der Waals surface area contributed by atoms with Crippen LogP contribution in [0.1, 0.15) is 18.9 Å². The van der Waals surface area contributed by atoms with Crippen LogP contribution in [0.4, 0.5) is 0 Å². The predicted molar refractivity (Wildman–Crippen MR) is 78.1 cm³/mol. The molecule has 2 atom stereocenters. The van der Waals surface area contributed by atoms with E-state index >= 15 is 0 Å². The van der Waals surface area contributed by atoms with Gasteiger partial charge in [-0.3, -0.25) is 0 Å². The lowest BCUT2D eigenvalue weighted by molar-refractivity contribution is -0.156. The summed E-state index contributed by atoms with van der Waals surface area (Å²) >= 11 is 21.6. The largest absolute Gasteiger partial charge is 0.342 e. The number of rotatable bonds is 3. The summed E-state index contributed by atoms with van der Waals surface area (Å²) < 4.78 is 11.8. The lowest BCUT2D eigenvalue weighted by Crippen LogP contribution is -2.30. The second-order valence-corrected chi connectivity index (χ2v) is 5.87. The number of benzene rings is 1. The third kappa shape index (κ3) is 2.67. The Morgan fingerprint density at radius 2 is 1.94 bits per heavy atom. The summed E-state index contributed by atoms with van der Waals surface area (Å²) in [5.74, 6) is -0.883. The van der Waals surface area contributed by atoms with Crippen LogP contribution in [-0.4, -0.2) is 18.0 Å². The third-order valence-corrected chi connectivity index (χ3v) is 4.68. The standard InChI is InChI=1S/C12H12BrCl3O2/c1-2-7-5-17-12(6-13,18-7)8-3-10(15)11(16)4-9(8)14/h3-4,7H,2,5-6H2,1H3. The van der Waals surface area contributed by atoms with Crippen molar-refractivity contribution in [1.29, 1.82) is 0 Å². The minimum atomic E-state index is -0.883. The highest BCUT2D eigenvalue weighted by molar-refractivity contribution is 9.09. The Morgan fingerprint density at radius 3 is 2.50 bits per heavy atom. The van der Waals surface area contributed by atoms with E-state index in [0.717, 1.165) is 6.42 Å². The monoisotopic (exact) mass is 372 g/mol. The van der Waals surface area contributed by atoms with Gasteiger partial charge >= 0.3 is 0 Å². The van der Waals surface area contributed by atoms with Gasteiger partial charge in [0.25, 0.3) is 0 Å². The first-order chi connectivity index (χ1) is 8.52. The molecule has 1 aliphatic heterocycles. The average Bonchev–Trinajstić information content (AvgIpc) is 2.78. The molecule has 0 bridgehead atoms. The summed E-state index contributed by atoms with van der Waals surface area (Å²) in [5.41, 5.74) is 0.700. The summed E-state index contributed by atoms with van der Waals surface area (Å²) in [5, 5.41) is 1.82. The van der Waals surface area contributed by atoms with Gasteiger partial charge in [0.2, 0.25) is 5.79 Å². The van der Waals surface area contributed by atoms with Gasteiger partial charge in [0.15, 0.2) is 0 Å². The summed E-state index contributed by atoms with van der Waals surface area (Å²) in [6, 6.07) is 3.31. The normalized spacial score (nSPS) is 27.7. The Kier molecular flexibility index (Phi) is 4.85. The van der Waals surface area contributed by atoms with Crippen LogP contribution in [0.5, 0.6) is 0 Å². The Morgan fingerprint density at radius 1 is 1.28 bits per heavy atom. The van der Waals surface area contributed by atoms with Gasteiger partial charge in [-0.1, -0.05) is 57.7 Å². The quantitative estimate of drug-likeness (QED) is 0.546. The summed E-state index contributed by atoms with van der Waals surface area (Å²) in [6.07, 6.45) is 0.946. The van der Waals surface area contributed by atoms with Crippen LogP contribution in [0.2, 0.25) is 15.1 Å². The highest BCUT2D eigenvalue weighted by Gasteiger charge is 2.43. The van der Waals surface area contributed by atoms with Crippen molar-refractivity contribution < 1.29 is 9.47 Å². The van der Waals surface area contributed by atoms with Crippen LogP contribution in [0.25, 0.3) is 0 Å². The molecule has 0 N–H and O–H groups in total. The number of ether oxygens (including phenoxy) is 2. The van der Waals surface area contributed by atoms with Crippen molar-refractivity contribution in [2.24, 2.45) is 0 Å². The number of hydrogen-bond donors (Lipinski definition) is 0. The first kappa shape index (κ1) is 14.9. The Balaban J connectivity index is 2.42. The van der Waals surface area contributed by atoms with Gasteiger partial charge in [0.05, 0.1) is 33.1 Å². The molecule has 6 heteroatoms. The van der Waals surface area contributed by atoms with E-state index in [1.807, 2.05) is 0 Å². The molecule has 1 heterocycles. The number of alkyl halides is 1. The minimum Gasteiger partial charge on any atom is -0.342 e. The van der Waals surface area contributed by atoms with E-state index in [2.05, 4.69) is 22.9 Å². The van der Waals surface area contributed by atoms with Crippen molar-refractivity contribution in [3.63, 3.8) is 0 Å². The molecule has 0 spiro atoms. The second-order valence-electron chi connectivity index (χ2n) is 4.09. The van der Waals surface area contributed by atoms with Crippen LogP contribution in [0.15, 0.2) is 12.1 Å². The van der Waals surface area contributed by atoms with E-state index in [9.17, 15) is 0 Å². The first-order valence-electron chi connectivity index (χ1n) is 5.55. The number of hydrogen-bond acceptors (Lipinski definition) is 2. The zero-order valence-electron chi connectivity index (χ0n) is 9.68. The summed E-state index contributed by atoms with van der Waals surface area (Å²) in [6.45, 7) is 2.59.